The summed E-state index contributed by atoms with van der Waals surface area (Å²) in [5.41, 5.74) is 1.29. The number of thioether (sulfide) groups is 1. The second-order valence-corrected chi connectivity index (χ2v) is 7.57. The topological polar surface area (TPSA) is 55.2 Å². The van der Waals surface area contributed by atoms with Crippen molar-refractivity contribution in [3.8, 4) is 0 Å². The van der Waals surface area contributed by atoms with Crippen LogP contribution in [0.25, 0.3) is 0 Å². The molecular weight excluding hydrogens is 311 g/mol. The molecule has 1 aromatic carbocycles. The average Bonchev–Trinajstić information content (AvgIpc) is 2.88. The number of thiophene rings is 1. The van der Waals surface area contributed by atoms with Crippen LogP contribution in [0, 0.1) is 15.9 Å². The van der Waals surface area contributed by atoms with E-state index in [-0.39, 0.29) is 6.04 Å². The Kier molecular flexibility index (Phi) is 3.86. The second kappa shape index (κ2) is 5.65. The Balaban J connectivity index is 1.88. The van der Waals surface area contributed by atoms with E-state index >= 15 is 0 Å². The highest BCUT2D eigenvalue weighted by atomic mass is 32.2. The third-order valence-electron chi connectivity index (χ3n) is 3.39. The molecule has 110 valence electrons. The number of hydrogen-bond acceptors (Lipinski definition) is 5. The van der Waals surface area contributed by atoms with Crippen molar-refractivity contribution in [2.45, 2.75) is 28.8 Å². The minimum absolute atomic E-state index is 0.104. The fourth-order valence-corrected chi connectivity index (χ4v) is 5.00. The second-order valence-electron chi connectivity index (χ2n) is 4.95. The summed E-state index contributed by atoms with van der Waals surface area (Å²) in [4.78, 5) is 10.1. The number of fused-ring (bicyclic) bond motifs is 1. The molecule has 0 fully saturated rings. The molecule has 0 bridgehead atoms. The number of nitrogens with one attached hydrogen (secondary N) is 1. The zero-order valence-electron chi connectivity index (χ0n) is 11.2. The molecule has 0 spiro atoms. The first-order valence-corrected chi connectivity index (χ1v) is 8.25. The first-order chi connectivity index (χ1) is 10.0. The largest absolute Gasteiger partial charge is 0.378 e. The summed E-state index contributed by atoms with van der Waals surface area (Å²) >= 11 is 3.56. The molecule has 1 aliphatic rings. The first kappa shape index (κ1) is 14.3. The van der Waals surface area contributed by atoms with Gasteiger partial charge in [0.1, 0.15) is 0 Å². The van der Waals surface area contributed by atoms with Crippen LogP contribution in [0.2, 0.25) is 0 Å². The predicted octanol–water partition coefficient (Wildman–Crippen LogP) is 4.83. The van der Waals surface area contributed by atoms with Crippen LogP contribution in [0.15, 0.2) is 33.9 Å². The van der Waals surface area contributed by atoms with Gasteiger partial charge in [-0.3, -0.25) is 10.1 Å². The van der Waals surface area contributed by atoms with Gasteiger partial charge >= 0.3 is 5.69 Å². The summed E-state index contributed by atoms with van der Waals surface area (Å²) in [6.07, 6.45) is 0.930. The lowest BCUT2D eigenvalue weighted by Gasteiger charge is -2.28. The van der Waals surface area contributed by atoms with Crippen LogP contribution in [-0.4, -0.2) is 10.2 Å². The smallest absolute Gasteiger partial charge is 0.306 e. The lowest BCUT2D eigenvalue weighted by molar-refractivity contribution is -0.387. The van der Waals surface area contributed by atoms with E-state index in [4.69, 9.17) is 0 Å². The first-order valence-electron chi connectivity index (χ1n) is 6.49. The number of benzene rings is 1. The molecule has 0 radical (unpaired) electrons. The number of nitro benzene ring substituents is 1. The van der Waals surface area contributed by atoms with E-state index in [0.29, 0.717) is 10.9 Å². The fourth-order valence-electron chi connectivity index (χ4n) is 2.43. The minimum atomic E-state index is -0.811. The van der Waals surface area contributed by atoms with Gasteiger partial charge in [-0.1, -0.05) is 6.92 Å². The lowest BCUT2D eigenvalue weighted by Crippen LogP contribution is -2.19. The van der Waals surface area contributed by atoms with Gasteiger partial charge in [0.25, 0.3) is 0 Å². The van der Waals surface area contributed by atoms with E-state index in [1.165, 1.54) is 15.8 Å². The fraction of sp³-hybridized carbons (Fsp3) is 0.286. The number of nitrogens with zero attached hydrogens (tertiary/aromatic N) is 1. The quantitative estimate of drug-likeness (QED) is 0.649. The number of rotatable bonds is 3. The SMILES string of the molecule is C[C@H]1CC(Nc2ccc(F)c([N+](=O)[O-])c2)c2ccsc2S1. The molecule has 1 aromatic heterocycles. The lowest BCUT2D eigenvalue weighted by atomic mass is 10.0. The van der Waals surface area contributed by atoms with E-state index in [1.54, 1.807) is 17.4 Å². The molecule has 0 amide bonds. The van der Waals surface area contributed by atoms with Crippen molar-refractivity contribution >= 4 is 34.5 Å². The maximum Gasteiger partial charge on any atom is 0.306 e. The van der Waals surface area contributed by atoms with E-state index in [2.05, 4.69) is 23.7 Å². The van der Waals surface area contributed by atoms with Crippen molar-refractivity contribution in [1.82, 2.24) is 0 Å². The molecule has 2 aromatic rings. The molecular formula is C14H13FN2O2S2. The van der Waals surface area contributed by atoms with Crippen LogP contribution in [0.1, 0.15) is 24.9 Å². The maximum absolute atomic E-state index is 13.4. The highest BCUT2D eigenvalue weighted by Crippen LogP contribution is 2.45. The van der Waals surface area contributed by atoms with Gasteiger partial charge in [-0.15, -0.1) is 23.1 Å². The zero-order valence-corrected chi connectivity index (χ0v) is 12.8. The Morgan fingerprint density at radius 2 is 2.24 bits per heavy atom. The van der Waals surface area contributed by atoms with Crippen LogP contribution in [0.5, 0.6) is 0 Å². The Hall–Kier alpha value is -1.60. The van der Waals surface area contributed by atoms with Gasteiger partial charge in [-0.05, 0) is 35.6 Å². The number of nitro groups is 1. The molecule has 0 saturated carbocycles. The maximum atomic E-state index is 13.4. The normalized spacial score (nSPS) is 20.9. The van der Waals surface area contributed by atoms with Gasteiger partial charge < -0.3 is 5.32 Å². The van der Waals surface area contributed by atoms with Crippen LogP contribution in [-0.2, 0) is 0 Å². The monoisotopic (exact) mass is 324 g/mol. The highest BCUT2D eigenvalue weighted by Gasteiger charge is 2.26. The number of anilines is 1. The van der Waals surface area contributed by atoms with Gasteiger partial charge in [0, 0.05) is 17.0 Å². The van der Waals surface area contributed by atoms with Crippen molar-refractivity contribution in [1.29, 1.82) is 0 Å². The molecule has 0 aliphatic carbocycles. The van der Waals surface area contributed by atoms with Gasteiger partial charge in [0.05, 0.1) is 15.2 Å². The van der Waals surface area contributed by atoms with Crippen LogP contribution in [0.4, 0.5) is 15.8 Å². The third kappa shape index (κ3) is 2.89. The van der Waals surface area contributed by atoms with Gasteiger partial charge in [-0.25, -0.2) is 0 Å². The molecule has 3 rings (SSSR count). The standard InChI is InChI=1S/C14H13FN2O2S2/c1-8-6-12(10-4-5-20-14(10)21-8)16-9-2-3-11(15)13(7-9)17(18)19/h2-5,7-8,12,16H,6H2,1H3/t8-,12?/m0/s1. The van der Waals surface area contributed by atoms with Crippen LogP contribution >= 0.6 is 23.1 Å². The third-order valence-corrected chi connectivity index (χ3v) is 5.74. The Morgan fingerprint density at radius 1 is 1.43 bits per heavy atom. The molecule has 1 unspecified atom stereocenters. The Morgan fingerprint density at radius 3 is 3.00 bits per heavy atom. The highest BCUT2D eigenvalue weighted by molar-refractivity contribution is 8.01. The van der Waals surface area contributed by atoms with Crippen molar-refractivity contribution in [3.05, 3.63) is 51.1 Å². The minimum Gasteiger partial charge on any atom is -0.378 e. The summed E-state index contributed by atoms with van der Waals surface area (Å²) in [6.45, 7) is 2.16. The van der Waals surface area contributed by atoms with Crippen molar-refractivity contribution in [3.63, 3.8) is 0 Å². The number of halogens is 1. The Labute approximate surface area is 129 Å². The van der Waals surface area contributed by atoms with Crippen molar-refractivity contribution in [2.24, 2.45) is 0 Å². The van der Waals surface area contributed by atoms with Gasteiger partial charge in [0.15, 0.2) is 0 Å². The molecule has 0 saturated heterocycles. The van der Waals surface area contributed by atoms with E-state index < -0.39 is 16.4 Å². The van der Waals surface area contributed by atoms with E-state index in [9.17, 15) is 14.5 Å². The van der Waals surface area contributed by atoms with E-state index in [0.717, 1.165) is 12.5 Å². The molecule has 2 heterocycles. The average molecular weight is 324 g/mol. The van der Waals surface area contributed by atoms with Crippen LogP contribution in [0.3, 0.4) is 0 Å². The predicted molar refractivity (Wildman–Crippen MR) is 83.7 cm³/mol. The van der Waals surface area contributed by atoms with E-state index in [1.807, 2.05) is 11.8 Å². The number of hydrogen-bond donors (Lipinski definition) is 1. The molecule has 4 nitrogen and oxygen atoms in total. The summed E-state index contributed by atoms with van der Waals surface area (Å²) in [7, 11) is 0. The summed E-state index contributed by atoms with van der Waals surface area (Å²) < 4.78 is 14.7. The summed E-state index contributed by atoms with van der Waals surface area (Å²) in [5, 5.41) is 16.6. The molecule has 1 N–H and O–H groups in total. The van der Waals surface area contributed by atoms with Gasteiger partial charge in [0.2, 0.25) is 5.82 Å². The Bertz CT molecular complexity index is 689. The van der Waals surface area contributed by atoms with Gasteiger partial charge in [-0.2, -0.15) is 4.39 Å². The molecule has 7 heteroatoms. The van der Waals surface area contributed by atoms with Crippen molar-refractivity contribution < 1.29 is 9.31 Å². The molecule has 1 aliphatic heterocycles. The van der Waals surface area contributed by atoms with Crippen molar-refractivity contribution in [2.75, 3.05) is 5.32 Å². The molecule has 21 heavy (non-hydrogen) atoms. The molecule has 2 atom stereocenters. The van der Waals surface area contributed by atoms with Crippen LogP contribution < -0.4 is 5.32 Å². The summed E-state index contributed by atoms with van der Waals surface area (Å²) in [6, 6.07) is 6.12. The zero-order chi connectivity index (χ0) is 15.0. The summed E-state index contributed by atoms with van der Waals surface area (Å²) in [5.74, 6) is -0.811.